The summed E-state index contributed by atoms with van der Waals surface area (Å²) in [5.41, 5.74) is 5.59. The van der Waals surface area contributed by atoms with E-state index < -0.39 is 11.6 Å². The fourth-order valence-electron chi connectivity index (χ4n) is 1.18. The summed E-state index contributed by atoms with van der Waals surface area (Å²) in [6.45, 7) is 0. The molecular formula is C10H8F2N4OS2. The van der Waals surface area contributed by atoms with E-state index in [0.717, 1.165) is 23.9 Å². The second-order valence-corrected chi connectivity index (χ2v) is 5.60. The maximum Gasteiger partial charge on any atom is 0.234 e. The minimum atomic E-state index is -1.01. The van der Waals surface area contributed by atoms with E-state index in [2.05, 4.69) is 15.5 Å². The van der Waals surface area contributed by atoms with Gasteiger partial charge in [-0.1, -0.05) is 23.1 Å². The average molecular weight is 302 g/mol. The molecule has 1 amide bonds. The second kappa shape index (κ2) is 5.93. The quantitative estimate of drug-likeness (QED) is 0.846. The Balaban J connectivity index is 1.88. The van der Waals surface area contributed by atoms with Gasteiger partial charge < -0.3 is 11.1 Å². The topological polar surface area (TPSA) is 80.9 Å². The Kier molecular flexibility index (Phi) is 4.27. The van der Waals surface area contributed by atoms with Crippen molar-refractivity contribution < 1.29 is 13.6 Å². The predicted octanol–water partition coefficient (Wildman–Crippen LogP) is 2.13. The van der Waals surface area contributed by atoms with Crippen molar-refractivity contribution in [2.75, 3.05) is 16.8 Å². The summed E-state index contributed by atoms with van der Waals surface area (Å²) in [6, 6.07) is 3.15. The third-order valence-corrected chi connectivity index (χ3v) is 3.84. The van der Waals surface area contributed by atoms with Crippen LogP contribution in [0, 0.1) is 11.6 Å². The van der Waals surface area contributed by atoms with Gasteiger partial charge in [0.25, 0.3) is 0 Å². The Morgan fingerprint density at radius 2 is 2.16 bits per heavy atom. The van der Waals surface area contributed by atoms with Crippen LogP contribution in [0.15, 0.2) is 22.5 Å². The number of benzene rings is 1. The molecule has 0 fully saturated rings. The molecule has 19 heavy (non-hydrogen) atoms. The monoisotopic (exact) mass is 302 g/mol. The smallest absolute Gasteiger partial charge is 0.234 e. The molecule has 0 saturated carbocycles. The lowest BCUT2D eigenvalue weighted by molar-refractivity contribution is -0.113. The molecule has 0 spiro atoms. The first-order chi connectivity index (χ1) is 9.04. The number of hydrogen-bond acceptors (Lipinski definition) is 6. The molecule has 9 heteroatoms. The molecule has 0 aliphatic carbocycles. The summed E-state index contributed by atoms with van der Waals surface area (Å²) < 4.78 is 26.2. The third-order valence-electron chi connectivity index (χ3n) is 1.95. The standard InChI is InChI=1S/C10H8F2N4OS2/c11-6-2-1-5(3-7(6)12)14-8(17)4-18-10-16-15-9(13)19-10/h1-3H,4H2,(H2,13,15)(H,14,17). The van der Waals surface area contributed by atoms with Crippen LogP contribution in [0.5, 0.6) is 0 Å². The normalized spacial score (nSPS) is 10.4. The fourth-order valence-corrected chi connectivity index (χ4v) is 2.61. The number of amides is 1. The molecule has 3 N–H and O–H groups in total. The maximum atomic E-state index is 12.9. The molecule has 0 saturated heterocycles. The summed E-state index contributed by atoms with van der Waals surface area (Å²) in [5, 5.41) is 10.1. The molecule has 0 radical (unpaired) electrons. The van der Waals surface area contributed by atoms with Crippen molar-refractivity contribution in [1.82, 2.24) is 10.2 Å². The van der Waals surface area contributed by atoms with Gasteiger partial charge in [-0.2, -0.15) is 0 Å². The lowest BCUT2D eigenvalue weighted by Crippen LogP contribution is -2.14. The van der Waals surface area contributed by atoms with E-state index in [4.69, 9.17) is 5.73 Å². The summed E-state index contributed by atoms with van der Waals surface area (Å²) in [7, 11) is 0. The zero-order chi connectivity index (χ0) is 13.8. The van der Waals surface area contributed by atoms with Crippen molar-refractivity contribution in [2.24, 2.45) is 0 Å². The number of hydrogen-bond donors (Lipinski definition) is 2. The number of nitrogens with one attached hydrogen (secondary N) is 1. The summed E-state index contributed by atoms with van der Waals surface area (Å²) in [4.78, 5) is 11.6. The molecule has 2 aromatic rings. The largest absolute Gasteiger partial charge is 0.374 e. The second-order valence-electron chi connectivity index (χ2n) is 3.37. The van der Waals surface area contributed by atoms with Gasteiger partial charge >= 0.3 is 0 Å². The zero-order valence-corrected chi connectivity index (χ0v) is 11.0. The summed E-state index contributed by atoms with van der Waals surface area (Å²) >= 11 is 2.33. The van der Waals surface area contributed by atoms with Crippen LogP contribution in [0.25, 0.3) is 0 Å². The fraction of sp³-hybridized carbons (Fsp3) is 0.100. The van der Waals surface area contributed by atoms with Gasteiger partial charge in [0.05, 0.1) is 5.75 Å². The molecule has 100 valence electrons. The first-order valence-corrected chi connectivity index (χ1v) is 6.81. The highest BCUT2D eigenvalue weighted by Gasteiger charge is 2.08. The minimum absolute atomic E-state index is 0.0770. The number of nitrogens with two attached hydrogens (primary N) is 1. The van der Waals surface area contributed by atoms with Gasteiger partial charge in [0.15, 0.2) is 16.0 Å². The summed E-state index contributed by atoms with van der Waals surface area (Å²) in [5.74, 6) is -2.25. The molecule has 1 aromatic carbocycles. The van der Waals surface area contributed by atoms with E-state index in [9.17, 15) is 13.6 Å². The van der Waals surface area contributed by atoms with E-state index in [0.29, 0.717) is 9.47 Å². The number of carbonyl (C=O) groups excluding carboxylic acids is 1. The third kappa shape index (κ3) is 3.86. The van der Waals surface area contributed by atoms with Crippen LogP contribution >= 0.6 is 23.1 Å². The van der Waals surface area contributed by atoms with E-state index in [1.807, 2.05) is 0 Å². The number of thioether (sulfide) groups is 1. The van der Waals surface area contributed by atoms with Crippen LogP contribution in [0.1, 0.15) is 0 Å². The minimum Gasteiger partial charge on any atom is -0.374 e. The number of nitrogens with zero attached hydrogens (tertiary/aromatic N) is 2. The van der Waals surface area contributed by atoms with Gasteiger partial charge in [-0.05, 0) is 12.1 Å². The van der Waals surface area contributed by atoms with Crippen molar-refractivity contribution in [3.05, 3.63) is 29.8 Å². The molecule has 0 aliphatic rings. The lowest BCUT2D eigenvalue weighted by atomic mass is 10.3. The molecule has 0 atom stereocenters. The number of nitrogen functional groups attached to an aromatic ring is 1. The Morgan fingerprint density at radius 3 is 2.79 bits per heavy atom. The number of anilines is 2. The highest BCUT2D eigenvalue weighted by Crippen LogP contribution is 2.23. The lowest BCUT2D eigenvalue weighted by Gasteiger charge is -2.04. The molecule has 1 heterocycles. The first kappa shape index (κ1) is 13.7. The highest BCUT2D eigenvalue weighted by atomic mass is 32.2. The van der Waals surface area contributed by atoms with Crippen molar-refractivity contribution in [1.29, 1.82) is 0 Å². The van der Waals surface area contributed by atoms with E-state index in [1.54, 1.807) is 0 Å². The van der Waals surface area contributed by atoms with Gasteiger partial charge in [-0.25, -0.2) is 8.78 Å². The van der Waals surface area contributed by atoms with Crippen molar-refractivity contribution in [3.8, 4) is 0 Å². The van der Waals surface area contributed by atoms with E-state index in [1.165, 1.54) is 17.4 Å². The van der Waals surface area contributed by atoms with Gasteiger partial charge in [0.1, 0.15) is 0 Å². The Hall–Kier alpha value is -1.74. The van der Waals surface area contributed by atoms with Crippen LogP contribution < -0.4 is 11.1 Å². The first-order valence-electron chi connectivity index (χ1n) is 5.01. The van der Waals surface area contributed by atoms with E-state index in [-0.39, 0.29) is 17.3 Å². The van der Waals surface area contributed by atoms with Gasteiger partial charge in [-0.3, -0.25) is 4.79 Å². The Labute approximate surface area is 115 Å². The SMILES string of the molecule is Nc1nnc(SCC(=O)Nc2ccc(F)c(F)c2)s1. The predicted molar refractivity (Wildman–Crippen MR) is 70.0 cm³/mol. The Bertz CT molecular complexity index is 605. The summed E-state index contributed by atoms with van der Waals surface area (Å²) in [6.07, 6.45) is 0. The number of rotatable bonds is 4. The van der Waals surface area contributed by atoms with Gasteiger partial charge in [0, 0.05) is 11.8 Å². The molecule has 0 bridgehead atoms. The van der Waals surface area contributed by atoms with Crippen LogP contribution in [0.4, 0.5) is 19.6 Å². The average Bonchev–Trinajstić information content (AvgIpc) is 2.77. The van der Waals surface area contributed by atoms with Gasteiger partial charge in [0.2, 0.25) is 11.0 Å². The molecular weight excluding hydrogens is 294 g/mol. The maximum absolute atomic E-state index is 12.9. The van der Waals surface area contributed by atoms with Crippen LogP contribution in [0.3, 0.4) is 0 Å². The van der Waals surface area contributed by atoms with E-state index >= 15 is 0 Å². The molecule has 1 aromatic heterocycles. The number of carbonyl (C=O) groups is 1. The van der Waals surface area contributed by atoms with Crippen molar-refractivity contribution >= 4 is 39.8 Å². The highest BCUT2D eigenvalue weighted by molar-refractivity contribution is 8.01. The van der Waals surface area contributed by atoms with Crippen LogP contribution in [-0.2, 0) is 4.79 Å². The van der Waals surface area contributed by atoms with Crippen LogP contribution in [-0.4, -0.2) is 21.9 Å². The van der Waals surface area contributed by atoms with Crippen molar-refractivity contribution in [2.45, 2.75) is 4.34 Å². The van der Waals surface area contributed by atoms with Crippen molar-refractivity contribution in [3.63, 3.8) is 0 Å². The zero-order valence-electron chi connectivity index (χ0n) is 9.39. The Morgan fingerprint density at radius 1 is 1.37 bits per heavy atom. The number of aromatic nitrogens is 2. The molecule has 0 unspecified atom stereocenters. The number of halogens is 2. The van der Waals surface area contributed by atoms with Gasteiger partial charge in [-0.15, -0.1) is 10.2 Å². The molecule has 0 aliphatic heterocycles. The molecule has 5 nitrogen and oxygen atoms in total. The molecule has 2 rings (SSSR count). The van der Waals surface area contributed by atoms with Crippen LogP contribution in [0.2, 0.25) is 0 Å².